The molecule has 8 heteroatoms. The summed E-state index contributed by atoms with van der Waals surface area (Å²) in [5, 5.41) is 13.6. The summed E-state index contributed by atoms with van der Waals surface area (Å²) in [6, 6.07) is 19.3. The zero-order valence-corrected chi connectivity index (χ0v) is 17.8. The van der Waals surface area contributed by atoms with Gasteiger partial charge < -0.3 is 5.32 Å². The number of rotatable bonds is 6. The van der Waals surface area contributed by atoms with Crippen molar-refractivity contribution in [1.82, 2.24) is 0 Å². The number of amides is 1. The average molecular weight is 434 g/mol. The van der Waals surface area contributed by atoms with Crippen LogP contribution >= 0.6 is 0 Å². The van der Waals surface area contributed by atoms with Crippen LogP contribution in [0.2, 0.25) is 0 Å². The van der Waals surface area contributed by atoms with Crippen LogP contribution in [0.4, 0.5) is 11.4 Å². The molecule has 1 N–H and O–H groups in total. The van der Waals surface area contributed by atoms with Crippen molar-refractivity contribution in [1.29, 1.82) is 0 Å². The summed E-state index contributed by atoms with van der Waals surface area (Å²) in [5.41, 5.74) is 1.32. The van der Waals surface area contributed by atoms with Crippen molar-refractivity contribution in [2.75, 3.05) is 5.32 Å². The van der Waals surface area contributed by atoms with E-state index in [2.05, 4.69) is 5.32 Å². The van der Waals surface area contributed by atoms with E-state index in [1.54, 1.807) is 75.4 Å². The van der Waals surface area contributed by atoms with Gasteiger partial charge in [-0.05, 0) is 68.3 Å². The van der Waals surface area contributed by atoms with Gasteiger partial charge in [0.05, 0.1) is 16.2 Å². The maximum Gasteiger partial charge on any atom is 0.375 e. The molecule has 1 amide bonds. The molecule has 0 saturated carbocycles. The average Bonchev–Trinajstić information content (AvgIpc) is 2.77. The molecule has 3 rings (SSSR count). The first-order valence-electron chi connectivity index (χ1n) is 9.79. The van der Waals surface area contributed by atoms with Gasteiger partial charge in [-0.3, -0.25) is 19.8 Å². The minimum Gasteiger partial charge on any atom is -0.321 e. The molecule has 0 spiro atoms. The second-order valence-corrected chi connectivity index (χ2v) is 7.95. The number of carbonyl (C=O) groups excluding carboxylic acids is 2. The van der Waals surface area contributed by atoms with Crippen molar-refractivity contribution < 1.29 is 24.3 Å². The van der Waals surface area contributed by atoms with E-state index >= 15 is 0 Å². The van der Waals surface area contributed by atoms with Gasteiger partial charge in [-0.15, -0.1) is 0 Å². The van der Waals surface area contributed by atoms with Gasteiger partial charge in [0.25, 0.3) is 11.6 Å². The Labute approximate surface area is 184 Å². The molecule has 0 saturated heterocycles. The zero-order valence-electron chi connectivity index (χ0n) is 17.8. The van der Waals surface area contributed by atoms with Crippen LogP contribution in [-0.4, -0.2) is 22.4 Å². The number of nitrogens with zero attached hydrogens (tertiary/aromatic N) is 1. The van der Waals surface area contributed by atoms with Crippen molar-refractivity contribution in [3.05, 3.63) is 94.0 Å². The number of non-ortho nitro benzene ring substituents is 1. The van der Waals surface area contributed by atoms with Crippen LogP contribution in [0, 0.1) is 10.1 Å². The molecule has 32 heavy (non-hydrogen) atoms. The molecule has 164 valence electrons. The Hall–Kier alpha value is -4.04. The second-order valence-electron chi connectivity index (χ2n) is 7.95. The third-order valence-electron chi connectivity index (χ3n) is 4.30. The highest BCUT2D eigenvalue weighted by molar-refractivity contribution is 6.08. The molecule has 0 bridgehead atoms. The SMILES string of the molecule is CC(C)(C)OOC(=O)c1ccc(-c2ccc([N+](=O)[O-])cc2)cc1NC(=O)c1ccccc1. The Bertz CT molecular complexity index is 1140. The van der Waals surface area contributed by atoms with E-state index < -0.39 is 22.4 Å². The molecule has 8 nitrogen and oxygen atoms in total. The summed E-state index contributed by atoms with van der Waals surface area (Å²) < 4.78 is 0. The van der Waals surface area contributed by atoms with Gasteiger partial charge >= 0.3 is 5.97 Å². The van der Waals surface area contributed by atoms with Gasteiger partial charge in [0.1, 0.15) is 5.60 Å². The fourth-order valence-electron chi connectivity index (χ4n) is 2.77. The van der Waals surface area contributed by atoms with Gasteiger partial charge in [0.15, 0.2) is 0 Å². The number of nitrogens with one attached hydrogen (secondary N) is 1. The Morgan fingerprint density at radius 2 is 1.53 bits per heavy atom. The molecule has 3 aromatic carbocycles. The molecule has 0 heterocycles. The zero-order chi connectivity index (χ0) is 23.3. The number of benzene rings is 3. The van der Waals surface area contributed by atoms with Gasteiger partial charge in [-0.2, -0.15) is 4.89 Å². The summed E-state index contributed by atoms with van der Waals surface area (Å²) in [5.74, 6) is -1.17. The number of hydrogen-bond acceptors (Lipinski definition) is 6. The van der Waals surface area contributed by atoms with Gasteiger partial charge in [-0.1, -0.05) is 24.3 Å². The highest BCUT2D eigenvalue weighted by Crippen LogP contribution is 2.28. The Morgan fingerprint density at radius 1 is 0.906 bits per heavy atom. The van der Waals surface area contributed by atoms with Crippen molar-refractivity contribution >= 4 is 23.3 Å². The van der Waals surface area contributed by atoms with Crippen LogP contribution < -0.4 is 5.32 Å². The van der Waals surface area contributed by atoms with Crippen LogP contribution in [0.25, 0.3) is 11.1 Å². The second kappa shape index (κ2) is 9.40. The monoisotopic (exact) mass is 434 g/mol. The quantitative estimate of drug-likeness (QED) is 0.316. The molecule has 0 aliphatic carbocycles. The molecular weight excluding hydrogens is 412 g/mol. The van der Waals surface area contributed by atoms with Gasteiger partial charge in [0.2, 0.25) is 0 Å². The lowest BCUT2D eigenvalue weighted by molar-refractivity contribution is -0.384. The predicted molar refractivity (Wildman–Crippen MR) is 119 cm³/mol. The number of hydrogen-bond donors (Lipinski definition) is 1. The van der Waals surface area contributed by atoms with Crippen LogP contribution in [0.15, 0.2) is 72.8 Å². The minimum atomic E-state index is -0.765. The predicted octanol–water partition coefficient (Wildman–Crippen LogP) is 5.40. The summed E-state index contributed by atoms with van der Waals surface area (Å²) in [4.78, 5) is 45.8. The van der Waals surface area contributed by atoms with E-state index in [4.69, 9.17) is 9.78 Å². The summed E-state index contributed by atoms with van der Waals surface area (Å²) in [7, 11) is 0. The summed E-state index contributed by atoms with van der Waals surface area (Å²) >= 11 is 0. The first-order valence-corrected chi connectivity index (χ1v) is 9.79. The summed E-state index contributed by atoms with van der Waals surface area (Å²) in [6.45, 7) is 5.20. The Morgan fingerprint density at radius 3 is 2.12 bits per heavy atom. The lowest BCUT2D eigenvalue weighted by Crippen LogP contribution is -2.23. The van der Waals surface area contributed by atoms with Crippen molar-refractivity contribution in [3.63, 3.8) is 0 Å². The molecule has 0 fully saturated rings. The van der Waals surface area contributed by atoms with Crippen LogP contribution in [0.3, 0.4) is 0 Å². The normalized spacial score (nSPS) is 11.0. The molecule has 3 aromatic rings. The Kier molecular flexibility index (Phi) is 6.65. The van der Waals surface area contributed by atoms with E-state index in [1.807, 2.05) is 0 Å². The van der Waals surface area contributed by atoms with Crippen molar-refractivity contribution in [2.24, 2.45) is 0 Å². The molecule has 0 aliphatic heterocycles. The van der Waals surface area contributed by atoms with Gasteiger partial charge in [0, 0.05) is 17.7 Å². The number of nitro benzene ring substituents is 1. The minimum absolute atomic E-state index is 0.0362. The third-order valence-corrected chi connectivity index (χ3v) is 4.30. The molecule has 0 unspecified atom stereocenters. The van der Waals surface area contributed by atoms with E-state index in [1.165, 1.54) is 18.2 Å². The van der Waals surface area contributed by atoms with Crippen LogP contribution in [-0.2, 0) is 9.78 Å². The number of anilines is 1. The van der Waals surface area contributed by atoms with Crippen molar-refractivity contribution in [2.45, 2.75) is 26.4 Å². The van der Waals surface area contributed by atoms with E-state index in [9.17, 15) is 19.7 Å². The van der Waals surface area contributed by atoms with E-state index in [-0.39, 0.29) is 16.9 Å². The molecule has 0 aliphatic rings. The summed E-state index contributed by atoms with van der Waals surface area (Å²) in [6.07, 6.45) is 0. The fraction of sp³-hybridized carbons (Fsp3) is 0.167. The standard InChI is InChI=1S/C24H22N2O6/c1-24(2,3)32-31-23(28)20-14-11-18(16-9-12-19(13-10-16)26(29)30)15-21(20)25-22(27)17-7-5-4-6-8-17/h4-15H,1-3H3,(H,25,27). The first-order chi connectivity index (χ1) is 15.1. The topological polar surface area (TPSA) is 108 Å². The van der Waals surface area contributed by atoms with Crippen molar-refractivity contribution in [3.8, 4) is 11.1 Å². The Balaban J connectivity index is 1.96. The van der Waals surface area contributed by atoms with Crippen LogP contribution in [0.5, 0.6) is 0 Å². The highest BCUT2D eigenvalue weighted by atomic mass is 17.2. The molecular formula is C24H22N2O6. The van der Waals surface area contributed by atoms with E-state index in [0.29, 0.717) is 16.7 Å². The lowest BCUT2D eigenvalue weighted by atomic mass is 10.0. The maximum atomic E-state index is 12.7. The molecule has 0 atom stereocenters. The fourth-order valence-corrected chi connectivity index (χ4v) is 2.77. The largest absolute Gasteiger partial charge is 0.375 e. The first kappa shape index (κ1) is 22.6. The third kappa shape index (κ3) is 5.77. The van der Waals surface area contributed by atoms with E-state index in [0.717, 1.165) is 0 Å². The number of carbonyl (C=O) groups is 2. The molecule has 0 radical (unpaired) electrons. The smallest absolute Gasteiger partial charge is 0.321 e. The van der Waals surface area contributed by atoms with Gasteiger partial charge in [-0.25, -0.2) is 4.79 Å². The maximum absolute atomic E-state index is 12.7. The number of nitro groups is 1. The molecule has 0 aromatic heterocycles. The van der Waals surface area contributed by atoms with Crippen LogP contribution in [0.1, 0.15) is 41.5 Å². The lowest BCUT2D eigenvalue weighted by Gasteiger charge is -2.18. The highest BCUT2D eigenvalue weighted by Gasteiger charge is 2.21.